The van der Waals surface area contributed by atoms with E-state index in [2.05, 4.69) is 30.1 Å². The van der Waals surface area contributed by atoms with Crippen LogP contribution in [-0.4, -0.2) is 34.4 Å². The minimum atomic E-state index is -0.626. The van der Waals surface area contributed by atoms with Gasteiger partial charge < -0.3 is 4.90 Å². The van der Waals surface area contributed by atoms with Gasteiger partial charge in [0.2, 0.25) is 11.9 Å². The number of rotatable bonds is 0. The van der Waals surface area contributed by atoms with E-state index in [1.165, 1.54) is 6.42 Å². The number of piperidine rings is 1. The number of nitriles is 1. The Morgan fingerprint density at radius 3 is 2.43 bits per heavy atom. The summed E-state index contributed by atoms with van der Waals surface area (Å²) in [4.78, 5) is 19.6. The Balaban J connectivity index is 1.97. The molecule has 0 bridgehead atoms. The van der Waals surface area contributed by atoms with Crippen LogP contribution in [0.3, 0.4) is 0 Å². The molecule has 1 saturated carbocycles. The van der Waals surface area contributed by atoms with Gasteiger partial charge in [0, 0.05) is 12.1 Å². The van der Waals surface area contributed by atoms with E-state index in [1.807, 2.05) is 0 Å². The van der Waals surface area contributed by atoms with Crippen LogP contribution in [0.5, 0.6) is 0 Å². The number of aliphatic imine (C=N–C) groups is 1. The van der Waals surface area contributed by atoms with E-state index in [1.54, 1.807) is 0 Å². The summed E-state index contributed by atoms with van der Waals surface area (Å²) < 4.78 is 0. The van der Waals surface area contributed by atoms with Crippen LogP contribution < -0.4 is 5.32 Å². The van der Waals surface area contributed by atoms with Gasteiger partial charge in [-0.05, 0) is 46.0 Å². The zero-order valence-electron chi connectivity index (χ0n) is 12.9. The Kier molecular flexibility index (Phi) is 3.64. The first-order valence-electron chi connectivity index (χ1n) is 8.16. The molecule has 0 aromatic heterocycles. The maximum Gasteiger partial charge on any atom is 0.246 e. The standard InChI is InChI=1S/C16H24N4O/c1-11-6-5-7-12(2)20(11)15-18-14(21)13(10-17)16(19-15)8-3-4-9-16/h11-13H,3-9H2,1-2H3,(H,18,19,21)/t11-,12-,13+/m1/s1. The summed E-state index contributed by atoms with van der Waals surface area (Å²) in [5.74, 6) is -0.0679. The third-order valence-electron chi connectivity index (χ3n) is 5.40. The van der Waals surface area contributed by atoms with Crippen LogP contribution in [0.25, 0.3) is 0 Å². The first-order valence-corrected chi connectivity index (χ1v) is 8.16. The van der Waals surface area contributed by atoms with Crippen LogP contribution >= 0.6 is 0 Å². The van der Waals surface area contributed by atoms with Gasteiger partial charge in [0.25, 0.3) is 0 Å². The van der Waals surface area contributed by atoms with Crippen molar-refractivity contribution in [2.24, 2.45) is 10.9 Å². The van der Waals surface area contributed by atoms with Crippen molar-refractivity contribution >= 4 is 11.9 Å². The quantitative estimate of drug-likeness (QED) is 0.743. The summed E-state index contributed by atoms with van der Waals surface area (Å²) in [7, 11) is 0. The SMILES string of the molecule is C[C@@H]1CCC[C@@H](C)N1C1=NC2(CCCC2)[C@@H](C#N)C(=O)N1. The number of likely N-dealkylation sites (tertiary alicyclic amines) is 1. The fourth-order valence-corrected chi connectivity index (χ4v) is 4.26. The topological polar surface area (TPSA) is 68.5 Å². The smallest absolute Gasteiger partial charge is 0.246 e. The first kappa shape index (κ1) is 14.4. The summed E-state index contributed by atoms with van der Waals surface area (Å²) in [6.07, 6.45) is 7.34. The molecule has 0 unspecified atom stereocenters. The molecule has 1 spiro atoms. The predicted molar refractivity (Wildman–Crippen MR) is 80.5 cm³/mol. The van der Waals surface area contributed by atoms with Gasteiger partial charge in [0.1, 0.15) is 0 Å². The molecule has 1 saturated heterocycles. The second kappa shape index (κ2) is 5.32. The zero-order valence-corrected chi connectivity index (χ0v) is 12.9. The molecule has 2 aliphatic heterocycles. The van der Waals surface area contributed by atoms with Gasteiger partial charge in [0.15, 0.2) is 5.92 Å². The van der Waals surface area contributed by atoms with Crippen molar-refractivity contribution in [3.8, 4) is 6.07 Å². The molecule has 5 nitrogen and oxygen atoms in total. The summed E-state index contributed by atoms with van der Waals surface area (Å²) in [6.45, 7) is 4.39. The second-order valence-corrected chi connectivity index (χ2v) is 6.83. The van der Waals surface area contributed by atoms with Crippen molar-refractivity contribution in [1.29, 1.82) is 5.26 Å². The molecule has 0 radical (unpaired) electrons. The van der Waals surface area contributed by atoms with Crippen LogP contribution in [-0.2, 0) is 4.79 Å². The molecule has 3 atom stereocenters. The Morgan fingerprint density at radius 2 is 1.86 bits per heavy atom. The molecule has 1 N–H and O–H groups in total. The number of guanidine groups is 1. The second-order valence-electron chi connectivity index (χ2n) is 6.83. The average Bonchev–Trinajstić information content (AvgIpc) is 2.87. The zero-order chi connectivity index (χ0) is 15.0. The van der Waals surface area contributed by atoms with Gasteiger partial charge in [-0.3, -0.25) is 10.1 Å². The van der Waals surface area contributed by atoms with Gasteiger partial charge in [-0.1, -0.05) is 12.8 Å². The number of hydrogen-bond acceptors (Lipinski definition) is 4. The first-order chi connectivity index (χ1) is 10.1. The minimum Gasteiger partial charge on any atom is -0.337 e. The molecule has 0 aromatic carbocycles. The number of hydrogen-bond donors (Lipinski definition) is 1. The maximum absolute atomic E-state index is 12.4. The van der Waals surface area contributed by atoms with E-state index in [9.17, 15) is 10.1 Å². The Morgan fingerprint density at radius 1 is 1.24 bits per heavy atom. The number of amides is 1. The Bertz CT molecular complexity index is 491. The van der Waals surface area contributed by atoms with E-state index in [0.29, 0.717) is 18.0 Å². The molecular weight excluding hydrogens is 264 g/mol. The van der Waals surface area contributed by atoms with Gasteiger partial charge in [-0.25, -0.2) is 4.99 Å². The molecule has 0 aromatic rings. The highest BCUT2D eigenvalue weighted by Gasteiger charge is 2.49. The third kappa shape index (κ3) is 2.31. The van der Waals surface area contributed by atoms with Crippen LogP contribution in [0.2, 0.25) is 0 Å². The summed E-state index contributed by atoms with van der Waals surface area (Å²) in [5.41, 5.74) is -0.469. The van der Waals surface area contributed by atoms with Crippen LogP contribution in [0.1, 0.15) is 58.8 Å². The average molecular weight is 288 g/mol. The summed E-state index contributed by atoms with van der Waals surface area (Å²) >= 11 is 0. The number of carbonyl (C=O) groups is 1. The molecule has 3 rings (SSSR count). The maximum atomic E-state index is 12.4. The lowest BCUT2D eigenvalue weighted by atomic mass is 9.82. The summed E-state index contributed by atoms with van der Waals surface area (Å²) in [6, 6.07) is 2.98. The van der Waals surface area contributed by atoms with Crippen LogP contribution in [0.15, 0.2) is 4.99 Å². The van der Waals surface area contributed by atoms with E-state index < -0.39 is 11.5 Å². The predicted octanol–water partition coefficient (Wildman–Crippen LogP) is 2.19. The molecule has 5 heteroatoms. The number of carbonyl (C=O) groups excluding carboxylic acids is 1. The lowest BCUT2D eigenvalue weighted by molar-refractivity contribution is -0.124. The summed E-state index contributed by atoms with van der Waals surface area (Å²) in [5, 5.41) is 12.3. The monoisotopic (exact) mass is 288 g/mol. The number of nitrogens with one attached hydrogen (secondary N) is 1. The lowest BCUT2D eigenvalue weighted by Gasteiger charge is -2.44. The molecule has 3 aliphatic rings. The molecule has 21 heavy (non-hydrogen) atoms. The van der Waals surface area contributed by atoms with E-state index in [0.717, 1.165) is 38.5 Å². The van der Waals surface area contributed by atoms with Crippen LogP contribution in [0, 0.1) is 17.2 Å². The van der Waals surface area contributed by atoms with Gasteiger partial charge in [-0.15, -0.1) is 0 Å². The van der Waals surface area contributed by atoms with Crippen molar-refractivity contribution < 1.29 is 4.79 Å². The fraction of sp³-hybridized carbons (Fsp3) is 0.812. The molecule has 2 fully saturated rings. The van der Waals surface area contributed by atoms with E-state index in [4.69, 9.17) is 4.99 Å². The lowest BCUT2D eigenvalue weighted by Crippen LogP contribution is -2.60. The molecule has 114 valence electrons. The van der Waals surface area contributed by atoms with Crippen molar-refractivity contribution in [3.63, 3.8) is 0 Å². The van der Waals surface area contributed by atoms with E-state index in [-0.39, 0.29) is 5.91 Å². The molecule has 1 amide bonds. The Labute approximate surface area is 126 Å². The van der Waals surface area contributed by atoms with Crippen molar-refractivity contribution in [2.75, 3.05) is 0 Å². The highest BCUT2D eigenvalue weighted by molar-refractivity contribution is 6.02. The molecule has 2 heterocycles. The Hall–Kier alpha value is -1.57. The van der Waals surface area contributed by atoms with Crippen molar-refractivity contribution in [1.82, 2.24) is 10.2 Å². The van der Waals surface area contributed by atoms with Crippen molar-refractivity contribution in [3.05, 3.63) is 0 Å². The van der Waals surface area contributed by atoms with Gasteiger partial charge in [0.05, 0.1) is 11.6 Å². The largest absolute Gasteiger partial charge is 0.337 e. The molecular formula is C16H24N4O. The number of nitrogens with zero attached hydrogens (tertiary/aromatic N) is 3. The van der Waals surface area contributed by atoms with E-state index >= 15 is 0 Å². The van der Waals surface area contributed by atoms with Gasteiger partial charge >= 0.3 is 0 Å². The molecule has 1 aliphatic carbocycles. The highest BCUT2D eigenvalue weighted by atomic mass is 16.2. The third-order valence-corrected chi connectivity index (χ3v) is 5.40. The fourth-order valence-electron chi connectivity index (χ4n) is 4.26. The highest BCUT2D eigenvalue weighted by Crippen LogP contribution is 2.41. The van der Waals surface area contributed by atoms with Gasteiger partial charge in [-0.2, -0.15) is 5.26 Å². The van der Waals surface area contributed by atoms with Crippen LogP contribution in [0.4, 0.5) is 0 Å². The normalized spacial score (nSPS) is 35.3. The van der Waals surface area contributed by atoms with Crippen molar-refractivity contribution in [2.45, 2.75) is 76.4 Å². The minimum absolute atomic E-state index is 0.158.